The second kappa shape index (κ2) is 7.45. The number of benzene rings is 1. The number of unbranched alkanes of at least 4 members (excludes halogenated alkanes) is 2. The Labute approximate surface area is 121 Å². The van der Waals surface area contributed by atoms with Crippen molar-refractivity contribution in [3.05, 3.63) is 28.0 Å². The first-order valence-corrected chi connectivity index (χ1v) is 6.92. The highest BCUT2D eigenvalue weighted by atomic mass is 79.9. The number of nitrogens with zero attached hydrogens (tertiary/aromatic N) is 1. The van der Waals surface area contributed by atoms with Gasteiger partial charge in [-0.2, -0.15) is 0 Å². The summed E-state index contributed by atoms with van der Waals surface area (Å²) in [7, 11) is 1.82. The van der Waals surface area contributed by atoms with E-state index in [1.54, 1.807) is 12.1 Å². The molecule has 0 aliphatic carbocycles. The first-order valence-electron chi connectivity index (χ1n) is 6.13. The van der Waals surface area contributed by atoms with E-state index in [1.165, 1.54) is 0 Å². The zero-order chi connectivity index (χ0) is 14.4. The van der Waals surface area contributed by atoms with Crippen molar-refractivity contribution in [1.29, 1.82) is 5.41 Å². The Kier molecular flexibility index (Phi) is 6.24. The van der Waals surface area contributed by atoms with E-state index in [2.05, 4.69) is 15.9 Å². The van der Waals surface area contributed by atoms with Crippen LogP contribution in [0.25, 0.3) is 0 Å². The van der Waals surface area contributed by atoms with Crippen molar-refractivity contribution in [3.63, 3.8) is 0 Å². The minimum absolute atomic E-state index is 0.164. The molecule has 0 saturated heterocycles. The molecule has 106 valence electrons. The highest BCUT2D eigenvalue weighted by Gasteiger charge is 2.15. The average molecular weight is 332 g/mol. The Morgan fingerprint density at radius 2 is 2.11 bits per heavy atom. The first kappa shape index (κ1) is 15.9. The number of anilines is 1. The van der Waals surface area contributed by atoms with E-state index in [0.717, 1.165) is 19.3 Å². The van der Waals surface area contributed by atoms with E-state index >= 15 is 0 Å². The molecule has 0 unspecified atom stereocenters. The number of nitrogen functional groups attached to an aromatic ring is 1. The molecule has 0 atom stereocenters. The van der Waals surface area contributed by atoms with Crippen molar-refractivity contribution in [1.82, 2.24) is 0 Å². The van der Waals surface area contributed by atoms with Crippen molar-refractivity contribution in [3.8, 4) is 0 Å². The van der Waals surface area contributed by atoms with Crippen LogP contribution in [0.2, 0.25) is 0 Å². The van der Waals surface area contributed by atoms with Gasteiger partial charge in [-0.3, -0.25) is 5.41 Å². The number of rotatable bonds is 7. The fraction of sp³-hybridized carbons (Fsp3) is 0.462. The normalized spacial score (nSPS) is 10.5. The predicted molar refractivity (Wildman–Crippen MR) is 79.3 cm³/mol. The predicted octanol–water partition coefficient (Wildman–Crippen LogP) is 2.47. The zero-order valence-electron chi connectivity index (χ0n) is 10.9. The molecule has 0 bridgehead atoms. The smallest absolute Gasteiger partial charge is 0.161 e. The van der Waals surface area contributed by atoms with Gasteiger partial charge < -0.3 is 15.7 Å². The van der Waals surface area contributed by atoms with E-state index in [1.807, 2.05) is 11.9 Å². The Morgan fingerprint density at radius 3 is 2.68 bits per heavy atom. The van der Waals surface area contributed by atoms with Crippen LogP contribution in [0.1, 0.15) is 24.8 Å². The maximum Gasteiger partial charge on any atom is 0.161 e. The van der Waals surface area contributed by atoms with Crippen LogP contribution in [0.4, 0.5) is 10.1 Å². The molecule has 4 nitrogen and oxygen atoms in total. The van der Waals surface area contributed by atoms with Crippen LogP contribution in [0.3, 0.4) is 0 Å². The number of nitrogens with one attached hydrogen (secondary N) is 1. The van der Waals surface area contributed by atoms with Crippen molar-refractivity contribution < 1.29 is 9.50 Å². The quantitative estimate of drug-likeness (QED) is 0.408. The molecule has 0 amide bonds. The summed E-state index contributed by atoms with van der Waals surface area (Å²) in [4.78, 5) is 1.82. The number of amidine groups is 1. The van der Waals surface area contributed by atoms with Crippen molar-refractivity contribution in [2.24, 2.45) is 5.73 Å². The van der Waals surface area contributed by atoms with Gasteiger partial charge in [0.25, 0.3) is 0 Å². The number of aliphatic hydroxyl groups excluding tert-OH is 1. The summed E-state index contributed by atoms with van der Waals surface area (Å²) < 4.78 is 14.4. The minimum Gasteiger partial charge on any atom is -0.396 e. The molecular weight excluding hydrogens is 313 g/mol. The third kappa shape index (κ3) is 4.18. The zero-order valence-corrected chi connectivity index (χ0v) is 12.5. The molecule has 1 aromatic carbocycles. The van der Waals surface area contributed by atoms with Gasteiger partial charge in [0.15, 0.2) is 5.82 Å². The molecule has 0 fully saturated rings. The molecule has 0 spiro atoms. The Hall–Kier alpha value is -1.14. The lowest BCUT2D eigenvalue weighted by Crippen LogP contribution is -2.21. The highest BCUT2D eigenvalue weighted by molar-refractivity contribution is 9.10. The third-order valence-electron chi connectivity index (χ3n) is 2.91. The summed E-state index contributed by atoms with van der Waals surface area (Å²) in [6, 6.07) is 3.26. The minimum atomic E-state index is -0.405. The molecule has 0 saturated carbocycles. The molecule has 0 aromatic heterocycles. The van der Waals surface area contributed by atoms with Crippen LogP contribution in [-0.2, 0) is 0 Å². The number of halogens is 2. The van der Waals surface area contributed by atoms with Gasteiger partial charge in [0.2, 0.25) is 0 Å². The molecule has 0 heterocycles. The maximum absolute atomic E-state index is 14.2. The Bertz CT molecular complexity index is 454. The average Bonchev–Trinajstić information content (AvgIpc) is 2.37. The van der Waals surface area contributed by atoms with Crippen molar-refractivity contribution >= 4 is 27.5 Å². The summed E-state index contributed by atoms with van der Waals surface area (Å²) >= 11 is 3.14. The van der Waals surface area contributed by atoms with Crippen LogP contribution in [0.15, 0.2) is 16.6 Å². The number of hydrogen-bond acceptors (Lipinski definition) is 3. The van der Waals surface area contributed by atoms with Gasteiger partial charge in [0.1, 0.15) is 5.84 Å². The lowest BCUT2D eigenvalue weighted by Gasteiger charge is -2.21. The topological polar surface area (TPSA) is 73.3 Å². The molecule has 0 aliphatic rings. The van der Waals surface area contributed by atoms with Crippen LogP contribution in [-0.4, -0.2) is 31.1 Å². The van der Waals surface area contributed by atoms with Crippen molar-refractivity contribution in [2.75, 3.05) is 25.1 Å². The van der Waals surface area contributed by atoms with Crippen LogP contribution in [0, 0.1) is 11.2 Å². The number of nitrogens with two attached hydrogens (primary N) is 1. The van der Waals surface area contributed by atoms with Gasteiger partial charge in [-0.15, -0.1) is 0 Å². The summed E-state index contributed by atoms with van der Waals surface area (Å²) in [5.41, 5.74) is 6.20. The summed E-state index contributed by atoms with van der Waals surface area (Å²) in [5, 5.41) is 16.1. The van der Waals surface area contributed by atoms with Gasteiger partial charge >= 0.3 is 0 Å². The Balaban J connectivity index is 2.78. The van der Waals surface area contributed by atoms with Crippen LogP contribution >= 0.6 is 15.9 Å². The van der Waals surface area contributed by atoms with E-state index < -0.39 is 5.82 Å². The molecule has 1 rings (SSSR count). The van der Waals surface area contributed by atoms with Crippen molar-refractivity contribution in [2.45, 2.75) is 19.3 Å². The standard InChI is InChI=1S/C13H19BrFN3O/c1-18(7-3-2-4-8-19)10-6-5-9(13(16)17)11(14)12(10)15/h5-6,19H,2-4,7-8H2,1H3,(H3,16,17). The summed E-state index contributed by atoms with van der Waals surface area (Å²) in [5.74, 6) is -0.569. The maximum atomic E-state index is 14.2. The molecular formula is C13H19BrFN3O. The SMILES string of the molecule is CN(CCCCCO)c1ccc(C(=N)N)c(Br)c1F. The fourth-order valence-corrected chi connectivity index (χ4v) is 2.35. The highest BCUT2D eigenvalue weighted by Crippen LogP contribution is 2.28. The van der Waals surface area contributed by atoms with E-state index in [4.69, 9.17) is 16.2 Å². The van der Waals surface area contributed by atoms with Gasteiger partial charge in [-0.25, -0.2) is 4.39 Å². The number of aliphatic hydroxyl groups is 1. The van der Waals surface area contributed by atoms with Crippen LogP contribution < -0.4 is 10.6 Å². The van der Waals surface area contributed by atoms with Crippen LogP contribution in [0.5, 0.6) is 0 Å². The molecule has 1 aromatic rings. The third-order valence-corrected chi connectivity index (χ3v) is 3.69. The second-order valence-electron chi connectivity index (χ2n) is 4.38. The van der Waals surface area contributed by atoms with Gasteiger partial charge in [-0.1, -0.05) is 0 Å². The monoisotopic (exact) mass is 331 g/mol. The van der Waals surface area contributed by atoms with Gasteiger partial charge in [0, 0.05) is 25.8 Å². The summed E-state index contributed by atoms with van der Waals surface area (Å²) in [6.07, 6.45) is 2.57. The molecule has 6 heteroatoms. The molecule has 0 aliphatic heterocycles. The largest absolute Gasteiger partial charge is 0.396 e. The van der Waals surface area contributed by atoms with E-state index in [0.29, 0.717) is 17.8 Å². The lowest BCUT2D eigenvalue weighted by atomic mass is 10.1. The molecule has 4 N–H and O–H groups in total. The lowest BCUT2D eigenvalue weighted by molar-refractivity contribution is 0.283. The first-order chi connectivity index (χ1) is 8.99. The second-order valence-corrected chi connectivity index (χ2v) is 5.17. The van der Waals surface area contributed by atoms with E-state index in [-0.39, 0.29) is 16.9 Å². The molecule has 19 heavy (non-hydrogen) atoms. The Morgan fingerprint density at radius 1 is 1.42 bits per heavy atom. The fourth-order valence-electron chi connectivity index (χ4n) is 1.80. The summed E-state index contributed by atoms with van der Waals surface area (Å²) in [6.45, 7) is 0.902. The number of hydrogen-bond donors (Lipinski definition) is 3. The van der Waals surface area contributed by atoms with Gasteiger partial charge in [0.05, 0.1) is 10.2 Å². The van der Waals surface area contributed by atoms with Gasteiger partial charge in [-0.05, 0) is 47.3 Å². The van der Waals surface area contributed by atoms with E-state index in [9.17, 15) is 4.39 Å². The molecule has 0 radical (unpaired) electrons.